The van der Waals surface area contributed by atoms with Crippen LogP contribution in [0.4, 0.5) is 5.69 Å². The fraction of sp³-hybridized carbons (Fsp3) is 0.200. The van der Waals surface area contributed by atoms with Gasteiger partial charge in [0.25, 0.3) is 0 Å². The van der Waals surface area contributed by atoms with E-state index in [9.17, 15) is 0 Å². The van der Waals surface area contributed by atoms with Gasteiger partial charge in [0.15, 0.2) is 0 Å². The Labute approximate surface area is 118 Å². The Balaban J connectivity index is 2.16. The number of rotatable bonds is 3. The van der Waals surface area contributed by atoms with Gasteiger partial charge in [0.1, 0.15) is 0 Å². The van der Waals surface area contributed by atoms with Gasteiger partial charge in [-0.25, -0.2) is 0 Å². The van der Waals surface area contributed by atoms with Gasteiger partial charge in [-0.1, -0.05) is 41.4 Å². The van der Waals surface area contributed by atoms with Crippen LogP contribution in [0.25, 0.3) is 0 Å². The summed E-state index contributed by atoms with van der Waals surface area (Å²) in [4.78, 5) is 0. The summed E-state index contributed by atoms with van der Waals surface area (Å²) < 4.78 is 0. The van der Waals surface area contributed by atoms with E-state index in [1.807, 2.05) is 12.1 Å². The maximum atomic E-state index is 5.97. The van der Waals surface area contributed by atoms with Crippen molar-refractivity contribution >= 4 is 28.9 Å². The fourth-order valence-electron chi connectivity index (χ4n) is 1.97. The predicted octanol–water partition coefficient (Wildman–Crippen LogP) is 5.22. The van der Waals surface area contributed by atoms with Crippen LogP contribution in [0.5, 0.6) is 0 Å². The van der Waals surface area contributed by atoms with E-state index in [0.29, 0.717) is 10.0 Å². The molecule has 0 saturated carbocycles. The molecule has 0 amide bonds. The van der Waals surface area contributed by atoms with E-state index in [1.165, 1.54) is 16.7 Å². The van der Waals surface area contributed by atoms with Crippen LogP contribution in [-0.4, -0.2) is 0 Å². The lowest BCUT2D eigenvalue weighted by atomic mass is 10.0. The van der Waals surface area contributed by atoms with Crippen molar-refractivity contribution in [3.05, 3.63) is 63.1 Å². The number of benzene rings is 2. The van der Waals surface area contributed by atoms with Gasteiger partial charge in [0.05, 0.1) is 0 Å². The molecule has 0 saturated heterocycles. The molecular formula is C15H15Cl2N. The second kappa shape index (κ2) is 5.64. The molecule has 0 fully saturated rings. The van der Waals surface area contributed by atoms with Gasteiger partial charge in [-0.2, -0.15) is 0 Å². The van der Waals surface area contributed by atoms with Crippen molar-refractivity contribution in [1.29, 1.82) is 0 Å². The molecule has 2 aromatic rings. The Morgan fingerprint density at radius 1 is 0.944 bits per heavy atom. The summed E-state index contributed by atoms with van der Waals surface area (Å²) in [6.07, 6.45) is 0. The van der Waals surface area contributed by atoms with Gasteiger partial charge in [-0.3, -0.25) is 0 Å². The van der Waals surface area contributed by atoms with Crippen molar-refractivity contribution in [2.24, 2.45) is 0 Å². The Hall–Kier alpha value is -1.18. The van der Waals surface area contributed by atoms with Crippen molar-refractivity contribution in [2.45, 2.75) is 20.4 Å². The van der Waals surface area contributed by atoms with E-state index in [4.69, 9.17) is 23.2 Å². The third-order valence-electron chi connectivity index (χ3n) is 2.98. The van der Waals surface area contributed by atoms with Crippen LogP contribution in [-0.2, 0) is 6.54 Å². The summed E-state index contributed by atoms with van der Waals surface area (Å²) in [5.41, 5.74) is 4.83. The van der Waals surface area contributed by atoms with Crippen LogP contribution in [0.2, 0.25) is 10.0 Å². The monoisotopic (exact) mass is 279 g/mol. The second-order valence-electron chi connectivity index (χ2n) is 4.38. The highest BCUT2D eigenvalue weighted by Gasteiger charge is 2.03. The number of halogens is 2. The van der Waals surface area contributed by atoms with Crippen molar-refractivity contribution < 1.29 is 0 Å². The molecule has 0 bridgehead atoms. The zero-order valence-electron chi connectivity index (χ0n) is 10.4. The Bertz CT molecular complexity index is 524. The number of hydrogen-bond acceptors (Lipinski definition) is 1. The van der Waals surface area contributed by atoms with E-state index < -0.39 is 0 Å². The molecule has 2 rings (SSSR count). The minimum Gasteiger partial charge on any atom is -0.381 e. The van der Waals surface area contributed by atoms with E-state index in [-0.39, 0.29) is 0 Å². The third-order valence-corrected chi connectivity index (χ3v) is 3.41. The first kappa shape index (κ1) is 13.3. The molecule has 0 aliphatic heterocycles. The summed E-state index contributed by atoms with van der Waals surface area (Å²) in [5.74, 6) is 0. The molecule has 1 nitrogen and oxygen atoms in total. The highest BCUT2D eigenvalue weighted by molar-refractivity contribution is 6.35. The van der Waals surface area contributed by atoms with Crippen molar-refractivity contribution in [3.8, 4) is 0 Å². The van der Waals surface area contributed by atoms with Gasteiger partial charge >= 0.3 is 0 Å². The summed E-state index contributed by atoms with van der Waals surface area (Å²) in [7, 11) is 0. The highest BCUT2D eigenvalue weighted by Crippen LogP contribution is 2.23. The summed E-state index contributed by atoms with van der Waals surface area (Å²) in [6.45, 7) is 5.01. The van der Waals surface area contributed by atoms with Gasteiger partial charge in [-0.15, -0.1) is 0 Å². The maximum Gasteiger partial charge on any atom is 0.0441 e. The van der Waals surface area contributed by atoms with Crippen LogP contribution in [0.15, 0.2) is 36.4 Å². The zero-order chi connectivity index (χ0) is 13.1. The van der Waals surface area contributed by atoms with Crippen molar-refractivity contribution in [1.82, 2.24) is 0 Å². The van der Waals surface area contributed by atoms with Crippen LogP contribution in [0.3, 0.4) is 0 Å². The second-order valence-corrected chi connectivity index (χ2v) is 5.25. The van der Waals surface area contributed by atoms with Crippen molar-refractivity contribution in [3.63, 3.8) is 0 Å². The average molecular weight is 280 g/mol. The number of anilines is 1. The third kappa shape index (κ3) is 3.18. The van der Waals surface area contributed by atoms with E-state index in [1.54, 1.807) is 6.07 Å². The van der Waals surface area contributed by atoms with Gasteiger partial charge in [0, 0.05) is 22.3 Å². The van der Waals surface area contributed by atoms with E-state index in [0.717, 1.165) is 12.2 Å². The molecular weight excluding hydrogens is 265 g/mol. The lowest BCUT2D eigenvalue weighted by Crippen LogP contribution is -2.03. The first-order valence-electron chi connectivity index (χ1n) is 5.81. The molecule has 0 aliphatic carbocycles. The number of nitrogens with one attached hydrogen (secondary N) is 1. The normalized spacial score (nSPS) is 10.4. The highest BCUT2D eigenvalue weighted by atomic mass is 35.5. The molecule has 1 N–H and O–H groups in total. The van der Waals surface area contributed by atoms with Gasteiger partial charge in [-0.05, 0) is 48.7 Å². The largest absolute Gasteiger partial charge is 0.381 e. The van der Waals surface area contributed by atoms with E-state index >= 15 is 0 Å². The Kier molecular flexibility index (Phi) is 4.15. The minimum absolute atomic E-state index is 0.645. The summed E-state index contributed by atoms with van der Waals surface area (Å²) in [6, 6.07) is 11.8. The first-order valence-corrected chi connectivity index (χ1v) is 6.57. The molecule has 18 heavy (non-hydrogen) atoms. The quantitative estimate of drug-likeness (QED) is 0.812. The average Bonchev–Trinajstić information content (AvgIpc) is 2.27. The summed E-state index contributed by atoms with van der Waals surface area (Å²) in [5, 5.41) is 4.65. The number of hydrogen-bond donors (Lipinski definition) is 1. The lowest BCUT2D eigenvalue weighted by molar-refractivity contribution is 1.09. The molecule has 0 heterocycles. The van der Waals surface area contributed by atoms with Gasteiger partial charge in [0.2, 0.25) is 0 Å². The summed E-state index contributed by atoms with van der Waals surface area (Å²) >= 11 is 11.9. The van der Waals surface area contributed by atoms with Crippen LogP contribution in [0.1, 0.15) is 16.7 Å². The molecule has 0 aromatic heterocycles. The molecule has 0 atom stereocenters. The van der Waals surface area contributed by atoms with Gasteiger partial charge < -0.3 is 5.32 Å². The van der Waals surface area contributed by atoms with Crippen LogP contribution >= 0.6 is 23.2 Å². The zero-order valence-corrected chi connectivity index (χ0v) is 11.9. The maximum absolute atomic E-state index is 5.97. The fourth-order valence-corrected chi connectivity index (χ4v) is 2.50. The molecule has 0 spiro atoms. The topological polar surface area (TPSA) is 12.0 Å². The Morgan fingerprint density at radius 2 is 1.50 bits per heavy atom. The van der Waals surface area contributed by atoms with Crippen LogP contribution < -0.4 is 5.32 Å². The first-order chi connectivity index (χ1) is 8.56. The number of aryl methyl sites for hydroxylation is 2. The Morgan fingerprint density at radius 3 is 2.06 bits per heavy atom. The molecule has 0 aliphatic rings. The molecule has 3 heteroatoms. The SMILES string of the molecule is Cc1cccc(C)c1CNc1cc(Cl)cc(Cl)c1. The van der Waals surface area contributed by atoms with Crippen molar-refractivity contribution in [2.75, 3.05) is 5.32 Å². The van der Waals surface area contributed by atoms with E-state index in [2.05, 4.69) is 37.4 Å². The predicted molar refractivity (Wildman–Crippen MR) is 79.7 cm³/mol. The smallest absolute Gasteiger partial charge is 0.0441 e. The molecule has 0 unspecified atom stereocenters. The molecule has 2 aromatic carbocycles. The molecule has 0 radical (unpaired) electrons. The minimum atomic E-state index is 0.645. The lowest BCUT2D eigenvalue weighted by Gasteiger charge is -2.12. The molecule has 94 valence electrons. The van der Waals surface area contributed by atoms with Crippen LogP contribution in [0, 0.1) is 13.8 Å². The standard InChI is InChI=1S/C15H15Cl2N/c1-10-4-3-5-11(2)15(10)9-18-14-7-12(16)6-13(17)8-14/h3-8,18H,9H2,1-2H3.